The molecule has 1 saturated carbocycles. The lowest BCUT2D eigenvalue weighted by Gasteiger charge is -2.36. The Morgan fingerprint density at radius 1 is 0.677 bits per heavy atom. The summed E-state index contributed by atoms with van der Waals surface area (Å²) in [5, 5.41) is 0. The molecule has 1 aromatic carbocycles. The molecule has 2 aliphatic heterocycles. The zero-order valence-electron chi connectivity index (χ0n) is 38.6. The van der Waals surface area contributed by atoms with Gasteiger partial charge in [-0.15, -0.1) is 0 Å². The smallest absolute Gasteiger partial charge is 0.236 e. The molecule has 3 heterocycles. The molecule has 0 bridgehead atoms. The van der Waals surface area contributed by atoms with Gasteiger partial charge < -0.3 is 46.8 Å². The van der Waals surface area contributed by atoms with Crippen molar-refractivity contribution in [2.75, 3.05) is 59.2 Å². The highest BCUT2D eigenvalue weighted by Gasteiger charge is 2.31. The molecule has 65 heavy (non-hydrogen) atoms. The molecule has 0 radical (unpaired) electrons. The summed E-state index contributed by atoms with van der Waals surface area (Å²) in [5.74, 6) is -0.750. The predicted molar refractivity (Wildman–Crippen MR) is 238 cm³/mol. The number of aryl methyl sites for hydroxylation is 1. The molecule has 26 heteroatoms. The Balaban J connectivity index is 0.000000413. The minimum Gasteiger partial charge on any atom is -0.748 e. The van der Waals surface area contributed by atoms with Crippen molar-refractivity contribution < 1.29 is 73.9 Å². The number of rotatable bonds is 12. The van der Waals surface area contributed by atoms with Gasteiger partial charge in [-0.1, -0.05) is 44.9 Å². The van der Waals surface area contributed by atoms with Crippen LogP contribution in [0.25, 0.3) is 0 Å². The van der Waals surface area contributed by atoms with Gasteiger partial charge >= 0.3 is 0 Å². The second kappa shape index (κ2) is 24.5. The second-order valence-electron chi connectivity index (χ2n) is 17.6. The number of hydrogen-bond donors (Lipinski definition) is 0. The maximum Gasteiger partial charge on any atom is 0.236 e. The van der Waals surface area contributed by atoms with Crippen LogP contribution in [0, 0.1) is 18.3 Å². The minimum atomic E-state index is -4.35. The highest BCUT2D eigenvalue weighted by atomic mass is 32.2. The third kappa shape index (κ3) is 26.5. The van der Waals surface area contributed by atoms with Crippen LogP contribution in [0.5, 0.6) is 0 Å². The molecule has 1 fully saturated rings. The molecule has 1 aromatic heterocycles. The summed E-state index contributed by atoms with van der Waals surface area (Å²) in [6, 6.07) is 11.2. The number of pyridine rings is 1. The third-order valence-electron chi connectivity index (χ3n) is 10.5. The summed E-state index contributed by atoms with van der Waals surface area (Å²) in [6.45, 7) is 10.8. The van der Waals surface area contributed by atoms with Crippen LogP contribution in [-0.4, -0.2) is 160 Å². The van der Waals surface area contributed by atoms with Crippen molar-refractivity contribution >= 4 is 50.6 Å². The first-order valence-electron chi connectivity index (χ1n) is 20.1. The summed E-state index contributed by atoms with van der Waals surface area (Å²) in [6.07, 6.45) is 12.9. The van der Waals surface area contributed by atoms with Gasteiger partial charge in [0.05, 0.1) is 60.8 Å². The van der Waals surface area contributed by atoms with E-state index >= 15 is 0 Å². The first-order chi connectivity index (χ1) is 29.3. The van der Waals surface area contributed by atoms with Crippen molar-refractivity contribution in [3.8, 4) is 0 Å². The van der Waals surface area contributed by atoms with Crippen molar-refractivity contribution in [1.29, 1.82) is 0 Å². The Kier molecular flexibility index (Phi) is 22.5. The zero-order chi connectivity index (χ0) is 50.4. The Morgan fingerprint density at radius 2 is 1.17 bits per heavy atom. The fourth-order valence-electron chi connectivity index (χ4n) is 6.13. The van der Waals surface area contributed by atoms with Crippen LogP contribution < -0.4 is 4.57 Å². The van der Waals surface area contributed by atoms with Crippen LogP contribution in [0.2, 0.25) is 0 Å². The molecule has 0 amide bonds. The van der Waals surface area contributed by atoms with E-state index < -0.39 is 62.3 Å². The number of benzene rings is 1. The van der Waals surface area contributed by atoms with E-state index in [9.17, 15) is 64.9 Å². The largest absolute Gasteiger partial charge is 0.748 e. The topological polar surface area (TPSA) is 303 Å². The van der Waals surface area contributed by atoms with Crippen molar-refractivity contribution in [2.24, 2.45) is 11.3 Å². The van der Waals surface area contributed by atoms with Gasteiger partial charge in [0.25, 0.3) is 0 Å². The SMILES string of the molecule is CC1CCC(C)(CS(=O)(=O)[O-])CC1.CC1N(C)C=CN1CS(=O)(=O)[O-].CC1N(C)C=CN1Cc1ccc(S(=O)(=O)[O-])cc1.C[N+](C)(C)CCS(=O)(=O)[O-].Cc1cccc[n+]1CS(=O)(=O)[O-]. The molecule has 5 rings (SSSR count). The summed E-state index contributed by atoms with van der Waals surface area (Å²) in [4.78, 5) is 7.32. The first kappa shape index (κ1) is 59.6. The maximum atomic E-state index is 10.8. The summed E-state index contributed by atoms with van der Waals surface area (Å²) < 4.78 is 159. The molecule has 21 nitrogen and oxygen atoms in total. The van der Waals surface area contributed by atoms with Crippen LogP contribution in [0.4, 0.5) is 0 Å². The van der Waals surface area contributed by atoms with Gasteiger partial charge in [-0.05, 0) is 55.7 Å². The third-order valence-corrected chi connectivity index (χ3v) is 14.3. The van der Waals surface area contributed by atoms with E-state index in [1.165, 1.54) is 21.6 Å². The average molecular weight is 1020 g/mol. The Morgan fingerprint density at radius 3 is 1.52 bits per heavy atom. The monoisotopic (exact) mass is 1020 g/mol. The number of quaternary nitrogens is 1. The molecule has 0 spiro atoms. The van der Waals surface area contributed by atoms with E-state index in [-0.39, 0.29) is 34.1 Å². The van der Waals surface area contributed by atoms with Gasteiger partial charge in [0.2, 0.25) is 5.88 Å². The van der Waals surface area contributed by atoms with Gasteiger partial charge in [0.15, 0.2) is 22.0 Å². The van der Waals surface area contributed by atoms with Crippen LogP contribution in [-0.2, 0) is 63.0 Å². The summed E-state index contributed by atoms with van der Waals surface area (Å²) in [7, 11) is -11.4. The molecule has 2 unspecified atom stereocenters. The van der Waals surface area contributed by atoms with Crippen LogP contribution in [0.15, 0.2) is 78.4 Å². The van der Waals surface area contributed by atoms with Gasteiger partial charge in [0, 0.05) is 70.2 Å². The fourth-order valence-corrected chi connectivity index (χ4v) is 9.81. The molecule has 374 valence electrons. The molecule has 3 aliphatic rings. The lowest BCUT2D eigenvalue weighted by atomic mass is 9.73. The van der Waals surface area contributed by atoms with E-state index in [1.54, 1.807) is 55.9 Å². The molecule has 2 aromatic rings. The molecule has 0 saturated heterocycles. The molecule has 1 aliphatic carbocycles. The van der Waals surface area contributed by atoms with Crippen LogP contribution in [0.1, 0.15) is 64.6 Å². The summed E-state index contributed by atoms with van der Waals surface area (Å²) in [5.41, 5.74) is 1.46. The van der Waals surface area contributed by atoms with Crippen molar-refractivity contribution in [1.82, 2.24) is 19.6 Å². The molecular weight excluding hydrogens is 953 g/mol. The van der Waals surface area contributed by atoms with E-state index in [1.807, 2.05) is 66.4 Å². The standard InChI is InChI=1S/C12H16N2O3S.C9H18O3S.C7H9NO3S.C6H12N2O3S.C5H13NO3S/c1-10-13(2)7-8-14(10)9-11-3-5-12(6-4-11)18(15,16)17;1-8-3-5-9(2,6-4-8)7-13(10,11)12;1-7-4-2-3-5-8(7)6-12(9,10)11;1-6-7(2)3-4-8(6)5-12(9,10)11;1-6(2,3)4-5-10(7,8)9/h3-8,10H,9H2,1-2H3,(H,15,16,17);8H,3-7H2,1-2H3,(H,10,11,12);2-5H,6H2,1H3;3-4,6H,5H2,1-2H3,(H,9,10,11);4-5H2,1-3H3/p-3. The fraction of sp³-hybridized carbons (Fsp3) is 0.615. The molecule has 0 N–H and O–H groups in total. The Labute approximate surface area is 387 Å². The number of hydrogen-bond acceptors (Lipinski definition) is 19. The lowest BCUT2D eigenvalue weighted by Crippen LogP contribution is -2.40. The normalized spacial score (nSPS) is 21.2. The average Bonchev–Trinajstić information content (AvgIpc) is 3.62. The number of nitrogens with zero attached hydrogens (tertiary/aromatic N) is 6. The van der Waals surface area contributed by atoms with E-state index in [0.29, 0.717) is 23.5 Å². The predicted octanol–water partition coefficient (Wildman–Crippen LogP) is 1.48. The quantitative estimate of drug-likeness (QED) is 0.165. The number of aromatic nitrogens is 1. The van der Waals surface area contributed by atoms with E-state index in [0.717, 1.165) is 36.9 Å². The van der Waals surface area contributed by atoms with Crippen molar-refractivity contribution in [2.45, 2.75) is 90.0 Å². The first-order valence-corrected chi connectivity index (χ1v) is 27.9. The zero-order valence-corrected chi connectivity index (χ0v) is 42.7. The second-order valence-corrected chi connectivity index (χ2v) is 24.7. The lowest BCUT2D eigenvalue weighted by molar-refractivity contribution is -0.867. The Hall–Kier alpha value is -3.44. The van der Waals surface area contributed by atoms with E-state index in [2.05, 4.69) is 23.6 Å². The highest BCUT2D eigenvalue weighted by molar-refractivity contribution is 7.86. The van der Waals surface area contributed by atoms with Gasteiger partial charge in [-0.25, -0.2) is 42.1 Å². The maximum absolute atomic E-state index is 10.8. The van der Waals surface area contributed by atoms with Crippen molar-refractivity contribution in [3.63, 3.8) is 0 Å². The van der Waals surface area contributed by atoms with Crippen LogP contribution in [0.3, 0.4) is 0 Å². The van der Waals surface area contributed by atoms with Gasteiger partial charge in [-0.3, -0.25) is 0 Å². The highest BCUT2D eigenvalue weighted by Crippen LogP contribution is 2.39. The summed E-state index contributed by atoms with van der Waals surface area (Å²) >= 11 is 0. The molecular formula is C39H65N6O15S5-3. The van der Waals surface area contributed by atoms with Gasteiger partial charge in [-0.2, -0.15) is 4.57 Å². The Bertz CT molecular complexity index is 2440. The molecule has 2 atom stereocenters. The van der Waals surface area contributed by atoms with Crippen molar-refractivity contribution in [3.05, 3.63) is 84.7 Å². The van der Waals surface area contributed by atoms with Crippen LogP contribution >= 0.6 is 0 Å². The van der Waals surface area contributed by atoms with E-state index in [4.69, 9.17) is 0 Å². The van der Waals surface area contributed by atoms with Gasteiger partial charge in [0.1, 0.15) is 36.2 Å². The minimum absolute atomic E-state index is 0.0614.